The molecule has 174 valence electrons. The van der Waals surface area contributed by atoms with Crippen molar-refractivity contribution < 1.29 is 18.9 Å². The minimum atomic E-state index is -4.18. The second-order valence-electron chi connectivity index (χ2n) is 7.76. The van der Waals surface area contributed by atoms with Gasteiger partial charge in [0.15, 0.2) is 0 Å². The van der Waals surface area contributed by atoms with Gasteiger partial charge in [0.25, 0.3) is 0 Å². The Morgan fingerprint density at radius 2 is 0.912 bits per heavy atom. The average molecular weight is 474 g/mol. The molecule has 6 nitrogen and oxygen atoms in total. The van der Waals surface area contributed by atoms with Crippen LogP contribution in [0.5, 0.6) is 0 Å². The highest BCUT2D eigenvalue weighted by atomic mass is 31.2. The molecular weight excluding hydrogens is 447 g/mol. The van der Waals surface area contributed by atoms with Crippen LogP contribution in [-0.2, 0) is 9.09 Å². The number of rotatable bonds is 3. The standard InChI is InChI=1S/2C12H9N.C3H9O4P/c2*1-3-7-11-9(5-1)10-6-2-4-8-12(10)13-11;1-2-3-7-8(4,5)6/h2*1-8,13H;2-3H2,1H3,(H2,4,5,6). The fourth-order valence-corrected chi connectivity index (χ4v) is 4.23. The third-order valence-electron chi connectivity index (χ3n) is 5.29. The van der Waals surface area contributed by atoms with Crippen LogP contribution in [0.2, 0.25) is 0 Å². The highest BCUT2D eigenvalue weighted by Gasteiger charge is 2.11. The maximum absolute atomic E-state index is 9.86. The van der Waals surface area contributed by atoms with Crippen molar-refractivity contribution in [1.82, 2.24) is 9.97 Å². The van der Waals surface area contributed by atoms with E-state index in [-0.39, 0.29) is 6.61 Å². The first kappa shape index (κ1) is 23.7. The summed E-state index contributed by atoms with van der Waals surface area (Å²) in [6.07, 6.45) is 0.616. The van der Waals surface area contributed by atoms with E-state index >= 15 is 0 Å². The Morgan fingerprint density at radius 3 is 1.15 bits per heavy atom. The molecule has 6 rings (SSSR count). The zero-order chi connectivity index (χ0) is 24.0. The molecule has 0 spiro atoms. The minimum Gasteiger partial charge on any atom is -0.355 e. The van der Waals surface area contributed by atoms with Crippen LogP contribution < -0.4 is 0 Å². The molecule has 34 heavy (non-hydrogen) atoms. The Labute approximate surface area is 197 Å². The number of fused-ring (bicyclic) bond motifs is 6. The summed E-state index contributed by atoms with van der Waals surface area (Å²) in [4.78, 5) is 22.8. The van der Waals surface area contributed by atoms with Gasteiger partial charge in [-0.2, -0.15) is 0 Å². The maximum atomic E-state index is 9.86. The number of aromatic nitrogens is 2. The zero-order valence-corrected chi connectivity index (χ0v) is 19.7. The Bertz CT molecular complexity index is 1360. The van der Waals surface area contributed by atoms with Gasteiger partial charge in [-0.25, -0.2) is 4.57 Å². The number of nitrogens with one attached hydrogen (secondary N) is 2. The molecule has 0 amide bonds. The third-order valence-corrected chi connectivity index (χ3v) is 5.81. The SMILES string of the molecule is CCCOP(=O)(O)O.c1ccc2c(c1)[nH]c1ccccc12.c1ccc2c(c1)[nH]c1ccccc12. The molecule has 0 aliphatic rings. The van der Waals surface area contributed by atoms with E-state index in [1.54, 1.807) is 6.92 Å². The van der Waals surface area contributed by atoms with Crippen LogP contribution in [0.1, 0.15) is 13.3 Å². The molecule has 2 aromatic heterocycles. The van der Waals surface area contributed by atoms with Crippen LogP contribution in [0.4, 0.5) is 0 Å². The van der Waals surface area contributed by atoms with Gasteiger partial charge < -0.3 is 19.8 Å². The predicted molar refractivity (Wildman–Crippen MR) is 140 cm³/mol. The summed E-state index contributed by atoms with van der Waals surface area (Å²) in [6, 6.07) is 33.5. The number of H-pyrrole nitrogens is 2. The summed E-state index contributed by atoms with van der Waals surface area (Å²) >= 11 is 0. The summed E-state index contributed by atoms with van der Waals surface area (Å²) in [6.45, 7) is 1.89. The van der Waals surface area contributed by atoms with Crippen LogP contribution in [0, 0.1) is 0 Å². The van der Waals surface area contributed by atoms with E-state index in [1.165, 1.54) is 43.6 Å². The highest BCUT2D eigenvalue weighted by molar-refractivity contribution is 7.46. The van der Waals surface area contributed by atoms with Gasteiger partial charge in [0.2, 0.25) is 0 Å². The van der Waals surface area contributed by atoms with Crippen molar-refractivity contribution in [3.8, 4) is 0 Å². The molecule has 6 aromatic rings. The Balaban J connectivity index is 0.000000126. The third kappa shape index (κ3) is 5.74. The van der Waals surface area contributed by atoms with E-state index in [1.807, 2.05) is 0 Å². The zero-order valence-electron chi connectivity index (χ0n) is 18.8. The monoisotopic (exact) mass is 474 g/mol. The van der Waals surface area contributed by atoms with Gasteiger partial charge in [-0.3, -0.25) is 4.52 Å². The van der Waals surface area contributed by atoms with Gasteiger partial charge in [-0.15, -0.1) is 0 Å². The van der Waals surface area contributed by atoms with Crippen LogP contribution >= 0.6 is 7.82 Å². The number of phosphoric ester groups is 1. The van der Waals surface area contributed by atoms with Crippen molar-refractivity contribution in [1.29, 1.82) is 0 Å². The van der Waals surface area contributed by atoms with E-state index in [9.17, 15) is 4.57 Å². The summed E-state index contributed by atoms with van der Waals surface area (Å²) < 4.78 is 13.9. The first-order valence-corrected chi connectivity index (χ1v) is 12.6. The number of hydrogen-bond donors (Lipinski definition) is 4. The van der Waals surface area contributed by atoms with Crippen molar-refractivity contribution in [3.05, 3.63) is 97.1 Å². The van der Waals surface area contributed by atoms with Gasteiger partial charge >= 0.3 is 7.82 Å². The summed E-state index contributed by atoms with van der Waals surface area (Å²) in [7, 11) is -4.18. The first-order chi connectivity index (χ1) is 16.5. The molecule has 0 unspecified atom stereocenters. The molecule has 4 aromatic carbocycles. The van der Waals surface area contributed by atoms with Gasteiger partial charge in [0.05, 0.1) is 6.61 Å². The lowest BCUT2D eigenvalue weighted by atomic mass is 10.2. The van der Waals surface area contributed by atoms with E-state index in [2.05, 4.69) is 112 Å². The number of para-hydroxylation sites is 4. The lowest BCUT2D eigenvalue weighted by Gasteiger charge is -2.00. The van der Waals surface area contributed by atoms with Crippen LogP contribution in [0.15, 0.2) is 97.1 Å². The van der Waals surface area contributed by atoms with Gasteiger partial charge in [-0.1, -0.05) is 79.7 Å². The normalized spacial score (nSPS) is 11.3. The fraction of sp³-hybridized carbons (Fsp3) is 0.111. The molecule has 0 saturated heterocycles. The van der Waals surface area contributed by atoms with Crippen LogP contribution in [-0.4, -0.2) is 26.4 Å². The molecule has 0 aliphatic heterocycles. The molecular formula is C27H27N2O4P. The van der Waals surface area contributed by atoms with Crippen LogP contribution in [0.3, 0.4) is 0 Å². The van der Waals surface area contributed by atoms with E-state index in [0.717, 1.165) is 0 Å². The van der Waals surface area contributed by atoms with E-state index in [4.69, 9.17) is 9.79 Å². The van der Waals surface area contributed by atoms with E-state index in [0.29, 0.717) is 6.42 Å². The van der Waals surface area contributed by atoms with Crippen molar-refractivity contribution in [2.24, 2.45) is 0 Å². The van der Waals surface area contributed by atoms with Gasteiger partial charge in [0.1, 0.15) is 0 Å². The molecule has 0 bridgehead atoms. The molecule has 4 N–H and O–H groups in total. The molecule has 0 fully saturated rings. The summed E-state index contributed by atoms with van der Waals surface area (Å²) in [5.41, 5.74) is 4.85. The molecule has 0 radical (unpaired) electrons. The minimum absolute atomic E-state index is 0.115. The van der Waals surface area contributed by atoms with Gasteiger partial charge in [0, 0.05) is 43.6 Å². The average Bonchev–Trinajstić information content (AvgIpc) is 3.41. The quantitative estimate of drug-likeness (QED) is 0.205. The molecule has 2 heterocycles. The second-order valence-corrected chi connectivity index (χ2v) is 9.00. The van der Waals surface area contributed by atoms with Crippen molar-refractivity contribution in [2.75, 3.05) is 6.61 Å². The first-order valence-electron chi connectivity index (χ1n) is 11.1. The summed E-state index contributed by atoms with van der Waals surface area (Å²) in [5, 5.41) is 5.22. The van der Waals surface area contributed by atoms with Gasteiger partial charge in [-0.05, 0) is 30.7 Å². The molecule has 0 atom stereocenters. The lowest BCUT2D eigenvalue weighted by Crippen LogP contribution is -1.88. The smallest absolute Gasteiger partial charge is 0.355 e. The van der Waals surface area contributed by atoms with E-state index < -0.39 is 7.82 Å². The topological polar surface area (TPSA) is 98.3 Å². The summed E-state index contributed by atoms with van der Waals surface area (Å²) in [5.74, 6) is 0. The highest BCUT2D eigenvalue weighted by Crippen LogP contribution is 2.35. The number of phosphoric acid groups is 1. The maximum Gasteiger partial charge on any atom is 0.469 e. The lowest BCUT2D eigenvalue weighted by molar-refractivity contribution is 0.197. The second kappa shape index (κ2) is 10.7. The molecule has 7 heteroatoms. The molecule has 0 saturated carbocycles. The predicted octanol–water partition coefficient (Wildman–Crippen LogP) is 7.15. The van der Waals surface area contributed by atoms with Crippen molar-refractivity contribution in [3.63, 3.8) is 0 Å². The Morgan fingerprint density at radius 1 is 0.618 bits per heavy atom. The van der Waals surface area contributed by atoms with Crippen LogP contribution in [0.25, 0.3) is 43.6 Å². The number of hydrogen-bond acceptors (Lipinski definition) is 2. The Kier molecular flexibility index (Phi) is 7.46. The fourth-order valence-electron chi connectivity index (χ4n) is 3.81. The number of benzene rings is 4. The largest absolute Gasteiger partial charge is 0.469 e. The van der Waals surface area contributed by atoms with Crippen molar-refractivity contribution >= 4 is 51.4 Å². The number of aromatic amines is 2. The molecule has 0 aliphatic carbocycles. The van der Waals surface area contributed by atoms with Crippen molar-refractivity contribution in [2.45, 2.75) is 13.3 Å². The Hall–Kier alpha value is -3.41.